The van der Waals surface area contributed by atoms with Crippen molar-refractivity contribution in [3.8, 4) is 5.75 Å². The number of carbonyl (C=O) groups is 2. The fourth-order valence-electron chi connectivity index (χ4n) is 1.98. The number of anilines is 1. The Kier molecular flexibility index (Phi) is 5.36. The Bertz CT molecular complexity index is 694. The molecule has 1 atom stereocenters. The van der Waals surface area contributed by atoms with Gasteiger partial charge < -0.3 is 14.8 Å². The standard InChI is InChI=1S/C18H19NO4/c1-12-5-4-6-15(11-12)19-17(20)13(2)23-18(21)14-7-9-16(22-3)10-8-14/h4-11,13H,1-3H3,(H,19,20)/t13-/m0/s1. The molecule has 0 spiro atoms. The highest BCUT2D eigenvalue weighted by Gasteiger charge is 2.19. The van der Waals surface area contributed by atoms with Crippen LogP contribution in [0.5, 0.6) is 5.75 Å². The Morgan fingerprint density at radius 2 is 1.78 bits per heavy atom. The molecule has 2 rings (SSSR count). The van der Waals surface area contributed by atoms with Crippen LogP contribution in [-0.4, -0.2) is 25.1 Å². The van der Waals surface area contributed by atoms with Gasteiger partial charge in [-0.25, -0.2) is 4.79 Å². The van der Waals surface area contributed by atoms with Crippen LogP contribution < -0.4 is 10.1 Å². The van der Waals surface area contributed by atoms with Gasteiger partial charge in [0.25, 0.3) is 5.91 Å². The number of aryl methyl sites for hydroxylation is 1. The van der Waals surface area contributed by atoms with Gasteiger partial charge in [-0.3, -0.25) is 4.79 Å². The topological polar surface area (TPSA) is 64.6 Å². The van der Waals surface area contributed by atoms with Crippen molar-refractivity contribution >= 4 is 17.6 Å². The van der Waals surface area contributed by atoms with Crippen LogP contribution in [0.25, 0.3) is 0 Å². The summed E-state index contributed by atoms with van der Waals surface area (Å²) in [7, 11) is 1.55. The van der Waals surface area contributed by atoms with Crippen LogP contribution >= 0.6 is 0 Å². The Labute approximate surface area is 135 Å². The molecular weight excluding hydrogens is 294 g/mol. The van der Waals surface area contributed by atoms with Crippen LogP contribution in [0.4, 0.5) is 5.69 Å². The third-order valence-electron chi connectivity index (χ3n) is 3.26. The van der Waals surface area contributed by atoms with E-state index in [1.165, 1.54) is 6.92 Å². The van der Waals surface area contributed by atoms with Crippen LogP contribution in [0, 0.1) is 6.92 Å². The predicted octanol–water partition coefficient (Wildman–Crippen LogP) is 3.19. The van der Waals surface area contributed by atoms with Gasteiger partial charge in [0.1, 0.15) is 5.75 Å². The first-order valence-corrected chi connectivity index (χ1v) is 7.22. The zero-order chi connectivity index (χ0) is 16.8. The summed E-state index contributed by atoms with van der Waals surface area (Å²) in [6, 6.07) is 13.9. The quantitative estimate of drug-likeness (QED) is 0.861. The van der Waals surface area contributed by atoms with E-state index in [1.54, 1.807) is 37.4 Å². The molecule has 23 heavy (non-hydrogen) atoms. The van der Waals surface area contributed by atoms with E-state index in [1.807, 2.05) is 25.1 Å². The van der Waals surface area contributed by atoms with Gasteiger partial charge in [0.15, 0.2) is 6.10 Å². The molecule has 0 saturated heterocycles. The lowest BCUT2D eigenvalue weighted by atomic mass is 10.2. The second-order valence-electron chi connectivity index (χ2n) is 5.13. The first kappa shape index (κ1) is 16.5. The molecule has 5 nitrogen and oxygen atoms in total. The van der Waals surface area contributed by atoms with E-state index in [9.17, 15) is 9.59 Å². The highest BCUT2D eigenvalue weighted by molar-refractivity contribution is 5.97. The molecule has 0 aromatic heterocycles. The van der Waals surface area contributed by atoms with E-state index in [2.05, 4.69) is 5.32 Å². The largest absolute Gasteiger partial charge is 0.497 e. The summed E-state index contributed by atoms with van der Waals surface area (Å²) >= 11 is 0. The lowest BCUT2D eigenvalue weighted by Crippen LogP contribution is -2.30. The lowest BCUT2D eigenvalue weighted by molar-refractivity contribution is -0.123. The normalized spacial score (nSPS) is 11.4. The summed E-state index contributed by atoms with van der Waals surface area (Å²) < 4.78 is 10.2. The molecule has 0 fully saturated rings. The van der Waals surface area contributed by atoms with E-state index >= 15 is 0 Å². The molecule has 5 heteroatoms. The van der Waals surface area contributed by atoms with Crippen LogP contribution in [0.2, 0.25) is 0 Å². The van der Waals surface area contributed by atoms with E-state index in [0.29, 0.717) is 17.0 Å². The number of methoxy groups -OCH3 is 1. The predicted molar refractivity (Wildman–Crippen MR) is 87.7 cm³/mol. The number of esters is 1. The van der Waals surface area contributed by atoms with Gasteiger partial charge in [-0.1, -0.05) is 12.1 Å². The van der Waals surface area contributed by atoms with Crippen molar-refractivity contribution in [1.82, 2.24) is 0 Å². The van der Waals surface area contributed by atoms with Gasteiger partial charge in [-0.15, -0.1) is 0 Å². The van der Waals surface area contributed by atoms with Crippen LogP contribution in [0.3, 0.4) is 0 Å². The second-order valence-corrected chi connectivity index (χ2v) is 5.13. The molecule has 1 N–H and O–H groups in total. The number of amides is 1. The molecule has 120 valence electrons. The number of hydrogen-bond donors (Lipinski definition) is 1. The Hall–Kier alpha value is -2.82. The van der Waals surface area contributed by atoms with Crippen molar-refractivity contribution in [3.05, 3.63) is 59.7 Å². The Morgan fingerprint density at radius 1 is 1.09 bits per heavy atom. The molecule has 1 amide bonds. The van der Waals surface area contributed by atoms with Gasteiger partial charge in [0, 0.05) is 5.69 Å². The summed E-state index contributed by atoms with van der Waals surface area (Å²) in [6.45, 7) is 3.47. The Balaban J connectivity index is 1.95. The summed E-state index contributed by atoms with van der Waals surface area (Å²) in [6.07, 6.45) is -0.898. The first-order valence-electron chi connectivity index (χ1n) is 7.22. The van der Waals surface area contributed by atoms with Gasteiger partial charge in [0.2, 0.25) is 0 Å². The molecule has 0 unspecified atom stereocenters. The number of nitrogens with one attached hydrogen (secondary N) is 1. The maximum atomic E-state index is 12.1. The van der Waals surface area contributed by atoms with Crippen molar-refractivity contribution in [2.75, 3.05) is 12.4 Å². The minimum Gasteiger partial charge on any atom is -0.497 e. The molecule has 0 heterocycles. The van der Waals surface area contributed by atoms with Crippen molar-refractivity contribution in [3.63, 3.8) is 0 Å². The zero-order valence-electron chi connectivity index (χ0n) is 13.3. The molecule has 0 radical (unpaired) electrons. The molecule has 2 aromatic rings. The highest BCUT2D eigenvalue weighted by Crippen LogP contribution is 2.14. The lowest BCUT2D eigenvalue weighted by Gasteiger charge is -2.14. The zero-order valence-corrected chi connectivity index (χ0v) is 13.3. The van der Waals surface area contributed by atoms with Crippen LogP contribution in [0.15, 0.2) is 48.5 Å². The number of benzene rings is 2. The first-order chi connectivity index (χ1) is 11.0. The van der Waals surface area contributed by atoms with Gasteiger partial charge in [0.05, 0.1) is 12.7 Å². The fourth-order valence-corrected chi connectivity index (χ4v) is 1.98. The van der Waals surface area contributed by atoms with Crippen molar-refractivity contribution in [2.45, 2.75) is 20.0 Å². The van der Waals surface area contributed by atoms with Crippen molar-refractivity contribution in [1.29, 1.82) is 0 Å². The second kappa shape index (κ2) is 7.45. The number of ether oxygens (including phenoxy) is 2. The van der Waals surface area contributed by atoms with Crippen molar-refractivity contribution in [2.24, 2.45) is 0 Å². The number of rotatable bonds is 5. The fraction of sp³-hybridized carbons (Fsp3) is 0.222. The average molecular weight is 313 g/mol. The van der Waals surface area contributed by atoms with E-state index in [-0.39, 0.29) is 5.91 Å². The summed E-state index contributed by atoms with van der Waals surface area (Å²) in [5.41, 5.74) is 2.06. The SMILES string of the molecule is COc1ccc(C(=O)O[C@@H](C)C(=O)Nc2cccc(C)c2)cc1. The average Bonchev–Trinajstić information content (AvgIpc) is 2.54. The van der Waals surface area contributed by atoms with Gasteiger partial charge >= 0.3 is 5.97 Å². The van der Waals surface area contributed by atoms with Crippen LogP contribution in [-0.2, 0) is 9.53 Å². The summed E-state index contributed by atoms with van der Waals surface area (Å²) in [5, 5.41) is 2.72. The third kappa shape index (κ3) is 4.57. The van der Waals surface area contributed by atoms with E-state index < -0.39 is 12.1 Å². The minimum absolute atomic E-state index is 0.362. The van der Waals surface area contributed by atoms with Crippen LogP contribution in [0.1, 0.15) is 22.8 Å². The molecular formula is C18H19NO4. The van der Waals surface area contributed by atoms with Gasteiger partial charge in [-0.05, 0) is 55.8 Å². The third-order valence-corrected chi connectivity index (χ3v) is 3.26. The number of hydrogen-bond acceptors (Lipinski definition) is 4. The minimum atomic E-state index is -0.898. The molecule has 2 aromatic carbocycles. The van der Waals surface area contributed by atoms with E-state index in [4.69, 9.17) is 9.47 Å². The Morgan fingerprint density at radius 3 is 2.39 bits per heavy atom. The molecule has 0 saturated carbocycles. The highest BCUT2D eigenvalue weighted by atomic mass is 16.5. The maximum Gasteiger partial charge on any atom is 0.338 e. The smallest absolute Gasteiger partial charge is 0.338 e. The maximum absolute atomic E-state index is 12.1. The molecule has 0 aliphatic heterocycles. The molecule has 0 bridgehead atoms. The molecule has 0 aliphatic carbocycles. The number of carbonyl (C=O) groups excluding carboxylic acids is 2. The van der Waals surface area contributed by atoms with Gasteiger partial charge in [-0.2, -0.15) is 0 Å². The van der Waals surface area contributed by atoms with Crippen molar-refractivity contribution < 1.29 is 19.1 Å². The van der Waals surface area contributed by atoms with E-state index in [0.717, 1.165) is 5.56 Å². The summed E-state index contributed by atoms with van der Waals surface area (Å²) in [4.78, 5) is 24.1. The summed E-state index contributed by atoms with van der Waals surface area (Å²) in [5.74, 6) is -0.288. The monoisotopic (exact) mass is 313 g/mol. The molecule has 0 aliphatic rings.